The second-order valence-electron chi connectivity index (χ2n) is 3.93. The minimum Gasteiger partial charge on any atom is -0.375 e. The van der Waals surface area contributed by atoms with Gasteiger partial charge in [0.15, 0.2) is 0 Å². The third-order valence-corrected chi connectivity index (χ3v) is 4.67. The van der Waals surface area contributed by atoms with Gasteiger partial charge < -0.3 is 5.32 Å². The highest BCUT2D eigenvalue weighted by Gasteiger charge is 2.13. The summed E-state index contributed by atoms with van der Waals surface area (Å²) in [7, 11) is 0. The smallest absolute Gasteiger partial charge is 0.146 e. The lowest BCUT2D eigenvalue weighted by Gasteiger charge is -2.17. The Bertz CT molecular complexity index is 504. The van der Waals surface area contributed by atoms with Gasteiger partial charge in [0.1, 0.15) is 5.82 Å². The molecule has 2 aromatic rings. The SMILES string of the molecule is Cc1cccc(F)c1NC(C)c1sccc1Br. The first-order valence-electron chi connectivity index (χ1n) is 5.34. The zero-order chi connectivity index (χ0) is 12.4. The number of para-hydroxylation sites is 1. The van der Waals surface area contributed by atoms with Crippen LogP contribution >= 0.6 is 27.3 Å². The van der Waals surface area contributed by atoms with Gasteiger partial charge in [0.05, 0.1) is 11.7 Å². The summed E-state index contributed by atoms with van der Waals surface area (Å²) in [5.74, 6) is -0.204. The van der Waals surface area contributed by atoms with Gasteiger partial charge in [0.25, 0.3) is 0 Å². The van der Waals surface area contributed by atoms with Crippen LogP contribution in [-0.4, -0.2) is 0 Å². The lowest BCUT2D eigenvalue weighted by atomic mass is 10.1. The molecule has 0 saturated heterocycles. The molecule has 0 saturated carbocycles. The highest BCUT2D eigenvalue weighted by Crippen LogP contribution is 2.32. The fourth-order valence-electron chi connectivity index (χ4n) is 1.71. The molecule has 1 N–H and O–H groups in total. The van der Waals surface area contributed by atoms with Crippen molar-refractivity contribution in [2.24, 2.45) is 0 Å². The number of halogens is 2. The van der Waals surface area contributed by atoms with Crippen molar-refractivity contribution in [3.8, 4) is 0 Å². The first-order chi connectivity index (χ1) is 8.09. The Morgan fingerprint density at radius 3 is 2.71 bits per heavy atom. The van der Waals surface area contributed by atoms with Gasteiger partial charge in [-0.25, -0.2) is 4.39 Å². The fourth-order valence-corrected chi connectivity index (χ4v) is 3.44. The molecule has 0 aliphatic rings. The minimum atomic E-state index is -0.204. The van der Waals surface area contributed by atoms with Crippen molar-refractivity contribution in [1.29, 1.82) is 0 Å². The number of anilines is 1. The maximum Gasteiger partial charge on any atom is 0.146 e. The molecule has 1 atom stereocenters. The lowest BCUT2D eigenvalue weighted by Crippen LogP contribution is -2.08. The molecule has 0 amide bonds. The van der Waals surface area contributed by atoms with E-state index in [2.05, 4.69) is 21.2 Å². The van der Waals surface area contributed by atoms with Gasteiger partial charge in [-0.1, -0.05) is 12.1 Å². The number of aryl methyl sites for hydroxylation is 1. The molecule has 4 heteroatoms. The topological polar surface area (TPSA) is 12.0 Å². The van der Waals surface area contributed by atoms with Gasteiger partial charge in [0.2, 0.25) is 0 Å². The molecular formula is C13H13BrFNS. The van der Waals surface area contributed by atoms with Gasteiger partial charge in [-0.05, 0) is 52.9 Å². The van der Waals surface area contributed by atoms with Gasteiger partial charge in [-0.3, -0.25) is 0 Å². The van der Waals surface area contributed by atoms with Crippen molar-refractivity contribution in [2.45, 2.75) is 19.9 Å². The molecule has 1 nitrogen and oxygen atoms in total. The number of hydrogen-bond acceptors (Lipinski definition) is 2. The van der Waals surface area contributed by atoms with Crippen LogP contribution in [0.15, 0.2) is 34.1 Å². The van der Waals surface area contributed by atoms with E-state index in [0.29, 0.717) is 5.69 Å². The molecule has 2 rings (SSSR count). The summed E-state index contributed by atoms with van der Waals surface area (Å²) in [6, 6.07) is 7.20. The molecule has 0 aliphatic heterocycles. The molecular weight excluding hydrogens is 301 g/mol. The van der Waals surface area contributed by atoms with E-state index >= 15 is 0 Å². The van der Waals surface area contributed by atoms with Gasteiger partial charge >= 0.3 is 0 Å². The Balaban J connectivity index is 2.25. The Labute approximate surface area is 113 Å². The second kappa shape index (κ2) is 5.19. The van der Waals surface area contributed by atoms with Crippen LogP contribution in [0.3, 0.4) is 0 Å². The summed E-state index contributed by atoms with van der Waals surface area (Å²) >= 11 is 5.15. The van der Waals surface area contributed by atoms with E-state index in [9.17, 15) is 4.39 Å². The van der Waals surface area contributed by atoms with E-state index < -0.39 is 0 Å². The molecule has 90 valence electrons. The summed E-state index contributed by atoms with van der Waals surface area (Å²) in [4.78, 5) is 1.17. The predicted octanol–water partition coefficient (Wildman–Crippen LogP) is 5.13. The lowest BCUT2D eigenvalue weighted by molar-refractivity contribution is 0.626. The fraction of sp³-hybridized carbons (Fsp3) is 0.231. The third kappa shape index (κ3) is 2.69. The average Bonchev–Trinajstić information content (AvgIpc) is 2.70. The predicted molar refractivity (Wildman–Crippen MR) is 75.2 cm³/mol. The van der Waals surface area contributed by atoms with Crippen molar-refractivity contribution < 1.29 is 4.39 Å². The molecule has 1 heterocycles. The van der Waals surface area contributed by atoms with E-state index in [4.69, 9.17) is 0 Å². The van der Waals surface area contributed by atoms with Gasteiger partial charge in [-0.15, -0.1) is 11.3 Å². The molecule has 1 aromatic carbocycles. The van der Waals surface area contributed by atoms with Crippen LogP contribution in [0, 0.1) is 12.7 Å². The van der Waals surface area contributed by atoms with Crippen LogP contribution in [-0.2, 0) is 0 Å². The van der Waals surface area contributed by atoms with E-state index in [1.807, 2.05) is 31.4 Å². The van der Waals surface area contributed by atoms with Gasteiger partial charge in [-0.2, -0.15) is 0 Å². The summed E-state index contributed by atoms with van der Waals surface area (Å²) in [5.41, 5.74) is 1.50. The summed E-state index contributed by atoms with van der Waals surface area (Å²) in [6.07, 6.45) is 0. The Morgan fingerprint density at radius 2 is 2.12 bits per heavy atom. The third-order valence-electron chi connectivity index (χ3n) is 2.62. The molecule has 0 bridgehead atoms. The number of benzene rings is 1. The zero-order valence-corrected chi connectivity index (χ0v) is 12.0. The molecule has 17 heavy (non-hydrogen) atoms. The van der Waals surface area contributed by atoms with Crippen molar-refractivity contribution >= 4 is 33.0 Å². The Morgan fingerprint density at radius 1 is 1.35 bits per heavy atom. The molecule has 0 radical (unpaired) electrons. The van der Waals surface area contributed by atoms with E-state index in [0.717, 1.165) is 10.0 Å². The average molecular weight is 314 g/mol. The Hall–Kier alpha value is -0.870. The van der Waals surface area contributed by atoms with E-state index in [-0.39, 0.29) is 11.9 Å². The number of nitrogens with one attached hydrogen (secondary N) is 1. The van der Waals surface area contributed by atoms with Crippen LogP contribution in [0.25, 0.3) is 0 Å². The highest BCUT2D eigenvalue weighted by atomic mass is 79.9. The minimum absolute atomic E-state index is 0.0833. The first kappa shape index (κ1) is 12.6. The number of rotatable bonds is 3. The van der Waals surface area contributed by atoms with Gasteiger partial charge in [0, 0.05) is 9.35 Å². The maximum atomic E-state index is 13.7. The van der Waals surface area contributed by atoms with Crippen molar-refractivity contribution in [2.75, 3.05) is 5.32 Å². The molecule has 1 aromatic heterocycles. The second-order valence-corrected chi connectivity index (χ2v) is 5.73. The molecule has 1 unspecified atom stereocenters. The van der Waals surface area contributed by atoms with E-state index in [1.165, 1.54) is 10.9 Å². The number of hydrogen-bond donors (Lipinski definition) is 1. The summed E-state index contributed by atoms with van der Waals surface area (Å²) in [5, 5.41) is 5.25. The van der Waals surface area contributed by atoms with Crippen LogP contribution in [0.2, 0.25) is 0 Å². The summed E-state index contributed by atoms with van der Waals surface area (Å²) in [6.45, 7) is 3.93. The first-order valence-corrected chi connectivity index (χ1v) is 7.01. The van der Waals surface area contributed by atoms with Crippen molar-refractivity contribution in [1.82, 2.24) is 0 Å². The normalized spacial score (nSPS) is 12.5. The van der Waals surface area contributed by atoms with Crippen molar-refractivity contribution in [3.63, 3.8) is 0 Å². The monoisotopic (exact) mass is 313 g/mol. The van der Waals surface area contributed by atoms with Crippen LogP contribution in [0.1, 0.15) is 23.4 Å². The van der Waals surface area contributed by atoms with Crippen molar-refractivity contribution in [3.05, 3.63) is 50.4 Å². The molecule has 0 spiro atoms. The van der Waals surface area contributed by atoms with Crippen LogP contribution in [0.4, 0.5) is 10.1 Å². The van der Waals surface area contributed by atoms with E-state index in [1.54, 1.807) is 17.4 Å². The number of thiophene rings is 1. The molecule has 0 aliphatic carbocycles. The zero-order valence-electron chi connectivity index (χ0n) is 9.63. The highest BCUT2D eigenvalue weighted by molar-refractivity contribution is 9.10. The standard InChI is InChI=1S/C13H13BrFNS/c1-8-4-3-5-11(15)12(8)16-9(2)13-10(14)6-7-17-13/h3-7,9,16H,1-2H3. The molecule has 0 fully saturated rings. The van der Waals surface area contributed by atoms with Crippen LogP contribution in [0.5, 0.6) is 0 Å². The summed E-state index contributed by atoms with van der Waals surface area (Å²) < 4.78 is 14.7. The quantitative estimate of drug-likeness (QED) is 0.828. The largest absolute Gasteiger partial charge is 0.375 e. The Kier molecular flexibility index (Phi) is 3.84. The van der Waals surface area contributed by atoms with Crippen LogP contribution < -0.4 is 5.32 Å². The maximum absolute atomic E-state index is 13.7.